The highest BCUT2D eigenvalue weighted by Gasteiger charge is 2.67. The van der Waals surface area contributed by atoms with Crippen LogP contribution in [0.25, 0.3) is 0 Å². The Morgan fingerprint density at radius 3 is 2.60 bits per heavy atom. The minimum atomic E-state index is -0.699. The van der Waals surface area contributed by atoms with E-state index in [1.165, 1.54) is 0 Å². The molecule has 3 fully saturated rings. The quantitative estimate of drug-likeness (QED) is 0.714. The molecule has 0 aromatic carbocycles. The number of alkyl halides is 1. The van der Waals surface area contributed by atoms with Gasteiger partial charge in [-0.15, -0.1) is 11.6 Å². The molecule has 0 spiro atoms. The van der Waals surface area contributed by atoms with E-state index in [0.29, 0.717) is 17.6 Å². The van der Waals surface area contributed by atoms with Crippen LogP contribution in [0, 0.1) is 28.6 Å². The maximum atomic E-state index is 12.2. The minimum Gasteiger partial charge on any atom is -0.392 e. The molecule has 1 N–H and O–H groups in total. The minimum absolute atomic E-state index is 0.0249. The van der Waals surface area contributed by atoms with Gasteiger partial charge in [-0.05, 0) is 68.8 Å². The summed E-state index contributed by atoms with van der Waals surface area (Å²) in [4.78, 5) is 23.7. The Morgan fingerprint density at radius 2 is 1.92 bits per heavy atom. The van der Waals surface area contributed by atoms with E-state index in [0.717, 1.165) is 44.1 Å². The molecular formula is C21H29ClO3. The second-order valence-corrected chi connectivity index (χ2v) is 10.1. The topological polar surface area (TPSA) is 54.4 Å². The summed E-state index contributed by atoms with van der Waals surface area (Å²) >= 11 is 7.39. The smallest absolute Gasteiger partial charge is 0.158 e. The first-order valence-corrected chi connectivity index (χ1v) is 10.1. The van der Waals surface area contributed by atoms with Crippen molar-refractivity contribution in [2.75, 3.05) is 0 Å². The largest absolute Gasteiger partial charge is 0.392 e. The predicted octanol–water partition coefficient (Wildman–Crippen LogP) is 4.06. The van der Waals surface area contributed by atoms with Gasteiger partial charge < -0.3 is 5.11 Å². The Hall–Kier alpha value is -0.670. The Morgan fingerprint density at radius 1 is 1.20 bits per heavy atom. The molecule has 4 aliphatic carbocycles. The first kappa shape index (κ1) is 17.7. The van der Waals surface area contributed by atoms with Crippen LogP contribution in [-0.2, 0) is 9.59 Å². The first-order valence-electron chi connectivity index (χ1n) is 9.76. The molecule has 4 rings (SSSR count). The van der Waals surface area contributed by atoms with Crippen molar-refractivity contribution in [3.63, 3.8) is 0 Å². The van der Waals surface area contributed by atoms with E-state index in [1.807, 2.05) is 0 Å². The summed E-state index contributed by atoms with van der Waals surface area (Å²) in [6.07, 6.45) is 6.83. The third kappa shape index (κ3) is 2.09. The number of hydrogen-bond donors (Lipinski definition) is 1. The van der Waals surface area contributed by atoms with Gasteiger partial charge in [0.05, 0.1) is 11.0 Å². The number of ketones is 2. The number of aliphatic hydroxyl groups is 1. The highest BCUT2D eigenvalue weighted by molar-refractivity contribution is 6.25. The van der Waals surface area contributed by atoms with Crippen molar-refractivity contribution in [3.05, 3.63) is 11.6 Å². The third-order valence-corrected chi connectivity index (χ3v) is 9.51. The Kier molecular flexibility index (Phi) is 3.84. The van der Waals surface area contributed by atoms with E-state index in [9.17, 15) is 14.7 Å². The monoisotopic (exact) mass is 364 g/mol. The van der Waals surface area contributed by atoms with Crippen LogP contribution >= 0.6 is 11.6 Å². The number of rotatable bonds is 1. The van der Waals surface area contributed by atoms with E-state index in [4.69, 9.17) is 11.6 Å². The molecule has 0 radical (unpaired) electrons. The molecule has 25 heavy (non-hydrogen) atoms. The second-order valence-electron chi connectivity index (χ2n) is 9.42. The van der Waals surface area contributed by atoms with E-state index in [2.05, 4.69) is 13.8 Å². The lowest BCUT2D eigenvalue weighted by Crippen LogP contribution is -2.64. The lowest BCUT2D eigenvalue weighted by atomic mass is 9.45. The van der Waals surface area contributed by atoms with Gasteiger partial charge in [0.1, 0.15) is 5.78 Å². The van der Waals surface area contributed by atoms with Crippen molar-refractivity contribution in [3.8, 4) is 0 Å². The fourth-order valence-electron chi connectivity index (χ4n) is 7.18. The predicted molar refractivity (Wildman–Crippen MR) is 97.4 cm³/mol. The fraction of sp³-hybridized carbons (Fsp3) is 0.810. The van der Waals surface area contributed by atoms with Crippen molar-refractivity contribution in [2.45, 2.75) is 76.7 Å². The van der Waals surface area contributed by atoms with Crippen LogP contribution in [0.15, 0.2) is 11.6 Å². The van der Waals surface area contributed by atoms with Gasteiger partial charge in [0, 0.05) is 17.8 Å². The highest BCUT2D eigenvalue weighted by Crippen LogP contribution is 2.70. The number of Topliss-reactive ketones (excluding diaryl/α,β-unsaturated/α-hetero) is 1. The van der Waals surface area contributed by atoms with Gasteiger partial charge >= 0.3 is 0 Å². The lowest BCUT2D eigenvalue weighted by Gasteiger charge is -2.63. The number of halogens is 1. The summed E-state index contributed by atoms with van der Waals surface area (Å²) in [5.74, 6) is 1.24. The molecule has 4 aliphatic rings. The van der Waals surface area contributed by atoms with Crippen molar-refractivity contribution in [1.29, 1.82) is 0 Å². The summed E-state index contributed by atoms with van der Waals surface area (Å²) in [5, 5.41) is 10.9. The number of fused-ring (bicyclic) bond motifs is 5. The molecule has 0 saturated heterocycles. The molecule has 1 unspecified atom stereocenters. The first-order chi connectivity index (χ1) is 11.6. The normalized spacial score (nSPS) is 52.0. The zero-order valence-electron chi connectivity index (χ0n) is 15.5. The average molecular weight is 365 g/mol. The summed E-state index contributed by atoms with van der Waals surface area (Å²) in [7, 11) is 0. The molecule has 0 aliphatic heterocycles. The SMILES string of the molecule is CC(=O)[C@H]1CC[C@H]2[C@@H]3CCC4=CC(=O)CC(O)[C@]4(C)[C@@]3(Cl)CC[C@]12C. The molecule has 0 heterocycles. The third-order valence-electron chi connectivity index (χ3n) is 8.65. The van der Waals surface area contributed by atoms with Crippen LogP contribution in [0.4, 0.5) is 0 Å². The maximum absolute atomic E-state index is 12.2. The molecule has 0 amide bonds. The summed E-state index contributed by atoms with van der Waals surface area (Å²) in [6, 6.07) is 0. The molecule has 3 nitrogen and oxygen atoms in total. The Bertz CT molecular complexity index is 670. The van der Waals surface area contributed by atoms with Crippen LogP contribution in [0.1, 0.15) is 65.7 Å². The van der Waals surface area contributed by atoms with Crippen LogP contribution < -0.4 is 0 Å². The van der Waals surface area contributed by atoms with E-state index in [-0.39, 0.29) is 23.5 Å². The molecule has 4 heteroatoms. The molecule has 138 valence electrons. The summed E-state index contributed by atoms with van der Waals surface area (Å²) < 4.78 is 0. The number of carbonyl (C=O) groups excluding carboxylic acids is 2. The summed E-state index contributed by atoms with van der Waals surface area (Å²) in [5.41, 5.74) is 0.565. The number of hydrogen-bond acceptors (Lipinski definition) is 3. The van der Waals surface area contributed by atoms with Crippen LogP contribution in [0.5, 0.6) is 0 Å². The molecule has 7 atom stereocenters. The van der Waals surface area contributed by atoms with Gasteiger partial charge in [-0.1, -0.05) is 19.4 Å². The zero-order valence-corrected chi connectivity index (χ0v) is 16.2. The second kappa shape index (κ2) is 5.42. The molecular weight excluding hydrogens is 336 g/mol. The van der Waals surface area contributed by atoms with Crippen LogP contribution in [-0.4, -0.2) is 27.7 Å². The van der Waals surface area contributed by atoms with Crippen molar-refractivity contribution < 1.29 is 14.7 Å². The van der Waals surface area contributed by atoms with E-state index in [1.54, 1.807) is 13.0 Å². The van der Waals surface area contributed by atoms with Crippen LogP contribution in [0.3, 0.4) is 0 Å². The van der Waals surface area contributed by atoms with Gasteiger partial charge in [0.25, 0.3) is 0 Å². The van der Waals surface area contributed by atoms with Crippen LogP contribution in [0.2, 0.25) is 0 Å². The van der Waals surface area contributed by atoms with Crippen molar-refractivity contribution in [1.82, 2.24) is 0 Å². The average Bonchev–Trinajstić information content (AvgIpc) is 2.88. The van der Waals surface area contributed by atoms with E-state index < -0.39 is 16.4 Å². The van der Waals surface area contributed by atoms with E-state index >= 15 is 0 Å². The molecule has 3 saturated carbocycles. The van der Waals surface area contributed by atoms with Gasteiger partial charge in [-0.2, -0.15) is 0 Å². The Balaban J connectivity index is 1.77. The maximum Gasteiger partial charge on any atom is 0.158 e. The van der Waals surface area contributed by atoms with Crippen molar-refractivity contribution >= 4 is 23.2 Å². The lowest BCUT2D eigenvalue weighted by molar-refractivity contribution is -0.131. The molecule has 0 aromatic heterocycles. The molecule has 0 aromatic rings. The summed E-state index contributed by atoms with van der Waals surface area (Å²) in [6.45, 7) is 6.11. The number of carbonyl (C=O) groups is 2. The van der Waals surface area contributed by atoms with Crippen molar-refractivity contribution in [2.24, 2.45) is 28.6 Å². The fourth-order valence-corrected chi connectivity index (χ4v) is 7.78. The zero-order chi connectivity index (χ0) is 18.2. The standard InChI is InChI=1S/C21H29ClO3/c1-12(23)15-6-7-16-17-5-4-13-10-14(24)11-18(25)20(13,3)21(17,22)9-8-19(15,16)2/h10,15-18,25H,4-9,11H2,1-3H3/t15-,16+,17+,18?,19-,20-,21-/m1/s1. The van der Waals surface area contributed by atoms with Gasteiger partial charge in [-0.25, -0.2) is 0 Å². The Labute approximate surface area is 155 Å². The molecule has 0 bridgehead atoms. The highest BCUT2D eigenvalue weighted by atomic mass is 35.5. The van der Waals surface area contributed by atoms with Gasteiger partial charge in [0.15, 0.2) is 5.78 Å². The van der Waals surface area contributed by atoms with Gasteiger partial charge in [0.2, 0.25) is 0 Å². The van der Waals surface area contributed by atoms with Gasteiger partial charge in [-0.3, -0.25) is 9.59 Å². The number of aliphatic hydroxyl groups excluding tert-OH is 1.